The fourth-order valence-corrected chi connectivity index (χ4v) is 3.79. The van der Waals surface area contributed by atoms with Gasteiger partial charge in [0.2, 0.25) is 0 Å². The largest absolute Gasteiger partial charge is 0.236 e. The standard InChI is InChI=1S/C18H30N4/c19-15-17(11-7-3-1-4-8-12-17)21-22-18(16-20)13-9-5-2-6-10-14-18/h21-22H,1-14H2. The van der Waals surface area contributed by atoms with E-state index in [0.717, 1.165) is 51.4 Å². The maximum absolute atomic E-state index is 9.71. The maximum Gasteiger partial charge on any atom is 0.119 e. The van der Waals surface area contributed by atoms with E-state index >= 15 is 0 Å². The molecule has 2 saturated carbocycles. The highest BCUT2D eigenvalue weighted by Gasteiger charge is 2.35. The van der Waals surface area contributed by atoms with Crippen LogP contribution in [0.5, 0.6) is 0 Å². The molecule has 2 N–H and O–H groups in total. The summed E-state index contributed by atoms with van der Waals surface area (Å²) >= 11 is 0. The van der Waals surface area contributed by atoms with Crippen molar-refractivity contribution in [2.45, 2.75) is 101 Å². The van der Waals surface area contributed by atoms with Crippen LogP contribution in [0.1, 0.15) is 89.9 Å². The van der Waals surface area contributed by atoms with E-state index in [9.17, 15) is 10.5 Å². The molecular weight excluding hydrogens is 272 g/mol. The molecule has 0 atom stereocenters. The molecule has 0 amide bonds. The highest BCUT2D eigenvalue weighted by Crippen LogP contribution is 2.28. The summed E-state index contributed by atoms with van der Waals surface area (Å²) in [6.07, 6.45) is 15.4. The van der Waals surface area contributed by atoms with Crippen molar-refractivity contribution in [3.05, 3.63) is 0 Å². The first kappa shape index (κ1) is 17.3. The Balaban J connectivity index is 1.99. The van der Waals surface area contributed by atoms with Gasteiger partial charge in [0, 0.05) is 0 Å². The van der Waals surface area contributed by atoms with Crippen molar-refractivity contribution < 1.29 is 0 Å². The van der Waals surface area contributed by atoms with Gasteiger partial charge in [-0.25, -0.2) is 10.9 Å². The highest BCUT2D eigenvalue weighted by atomic mass is 15.4. The number of nitrogens with zero attached hydrogens (tertiary/aromatic N) is 2. The predicted molar refractivity (Wildman–Crippen MR) is 87.6 cm³/mol. The average molecular weight is 302 g/mol. The summed E-state index contributed by atoms with van der Waals surface area (Å²) in [5.41, 5.74) is 5.67. The zero-order chi connectivity index (χ0) is 15.7. The lowest BCUT2D eigenvalue weighted by atomic mass is 9.84. The van der Waals surface area contributed by atoms with Gasteiger partial charge in [-0.05, 0) is 25.7 Å². The molecule has 0 bridgehead atoms. The summed E-state index contributed by atoms with van der Waals surface area (Å²) in [5, 5.41) is 19.4. The molecule has 0 aromatic heterocycles. The Morgan fingerprint density at radius 1 is 0.500 bits per heavy atom. The topological polar surface area (TPSA) is 71.6 Å². The second-order valence-electron chi connectivity index (χ2n) is 7.17. The number of nitriles is 2. The van der Waals surface area contributed by atoms with Crippen molar-refractivity contribution in [3.8, 4) is 12.1 Å². The van der Waals surface area contributed by atoms with Gasteiger partial charge in [0.15, 0.2) is 0 Å². The predicted octanol–water partition coefficient (Wildman–Crippen LogP) is 4.09. The fourth-order valence-electron chi connectivity index (χ4n) is 3.79. The number of hydrogen-bond donors (Lipinski definition) is 2. The molecule has 0 aliphatic heterocycles. The lowest BCUT2D eigenvalue weighted by molar-refractivity contribution is 0.209. The van der Waals surface area contributed by atoms with E-state index in [0.29, 0.717) is 0 Å². The van der Waals surface area contributed by atoms with Crippen molar-refractivity contribution in [2.24, 2.45) is 0 Å². The fraction of sp³-hybridized carbons (Fsp3) is 0.889. The molecule has 0 aromatic carbocycles. The molecule has 0 unspecified atom stereocenters. The molecule has 0 heterocycles. The minimum atomic E-state index is -0.493. The molecular formula is C18H30N4. The Morgan fingerprint density at radius 3 is 1.05 bits per heavy atom. The van der Waals surface area contributed by atoms with Crippen molar-refractivity contribution in [1.82, 2.24) is 10.9 Å². The molecule has 0 saturated heterocycles. The summed E-state index contributed by atoms with van der Waals surface area (Å²) in [5.74, 6) is 0. The van der Waals surface area contributed by atoms with Crippen LogP contribution in [0, 0.1) is 22.7 Å². The molecule has 0 spiro atoms. The van der Waals surface area contributed by atoms with E-state index in [2.05, 4.69) is 23.0 Å². The van der Waals surface area contributed by atoms with Crippen LogP contribution in [0.4, 0.5) is 0 Å². The first-order chi connectivity index (χ1) is 10.7. The van der Waals surface area contributed by atoms with Crippen LogP contribution in [0.2, 0.25) is 0 Å². The highest BCUT2D eigenvalue weighted by molar-refractivity contribution is 5.11. The zero-order valence-corrected chi connectivity index (χ0v) is 13.8. The lowest BCUT2D eigenvalue weighted by Gasteiger charge is -2.36. The summed E-state index contributed by atoms with van der Waals surface area (Å²) in [6.45, 7) is 0. The molecule has 2 rings (SSSR count). The number of rotatable bonds is 3. The van der Waals surface area contributed by atoms with Crippen molar-refractivity contribution in [3.63, 3.8) is 0 Å². The van der Waals surface area contributed by atoms with E-state index in [1.807, 2.05) is 0 Å². The first-order valence-electron chi connectivity index (χ1n) is 9.11. The smallest absolute Gasteiger partial charge is 0.119 e. The Labute approximate surface area is 135 Å². The summed E-state index contributed by atoms with van der Waals surface area (Å²) in [4.78, 5) is 0. The number of hydrazine groups is 1. The van der Waals surface area contributed by atoms with Crippen molar-refractivity contribution >= 4 is 0 Å². The van der Waals surface area contributed by atoms with E-state index in [-0.39, 0.29) is 0 Å². The molecule has 22 heavy (non-hydrogen) atoms. The molecule has 4 heteroatoms. The third-order valence-corrected chi connectivity index (χ3v) is 5.38. The van der Waals surface area contributed by atoms with Gasteiger partial charge < -0.3 is 0 Å². The second-order valence-corrected chi connectivity index (χ2v) is 7.17. The molecule has 4 nitrogen and oxygen atoms in total. The molecule has 2 aliphatic rings. The summed E-state index contributed by atoms with van der Waals surface area (Å²) in [7, 11) is 0. The van der Waals surface area contributed by atoms with Gasteiger partial charge in [0.1, 0.15) is 11.1 Å². The van der Waals surface area contributed by atoms with Crippen LogP contribution in [-0.2, 0) is 0 Å². The number of nitrogens with one attached hydrogen (secondary N) is 2. The third-order valence-electron chi connectivity index (χ3n) is 5.38. The van der Waals surface area contributed by atoms with Crippen molar-refractivity contribution in [2.75, 3.05) is 0 Å². The van der Waals surface area contributed by atoms with Crippen LogP contribution in [0.25, 0.3) is 0 Å². The zero-order valence-electron chi connectivity index (χ0n) is 13.8. The first-order valence-corrected chi connectivity index (χ1v) is 9.11. The third kappa shape index (κ3) is 4.70. The van der Waals surface area contributed by atoms with Gasteiger partial charge >= 0.3 is 0 Å². The monoisotopic (exact) mass is 302 g/mol. The SMILES string of the molecule is N#CC1(NNC2(C#N)CCCCCCC2)CCCCCCC1. The summed E-state index contributed by atoms with van der Waals surface area (Å²) in [6, 6.07) is 5.02. The van der Waals surface area contributed by atoms with Gasteiger partial charge in [0.25, 0.3) is 0 Å². The quantitative estimate of drug-likeness (QED) is 0.770. The van der Waals surface area contributed by atoms with Gasteiger partial charge in [-0.1, -0.05) is 64.2 Å². The molecule has 2 aliphatic carbocycles. The van der Waals surface area contributed by atoms with Gasteiger partial charge in [-0.15, -0.1) is 0 Å². The Hall–Kier alpha value is -1.10. The van der Waals surface area contributed by atoms with E-state index < -0.39 is 11.1 Å². The second kappa shape index (κ2) is 8.51. The summed E-state index contributed by atoms with van der Waals surface area (Å²) < 4.78 is 0. The Bertz CT molecular complexity index is 362. The van der Waals surface area contributed by atoms with Crippen molar-refractivity contribution in [1.29, 1.82) is 10.5 Å². The maximum atomic E-state index is 9.71. The molecule has 2 fully saturated rings. The van der Waals surface area contributed by atoms with Gasteiger partial charge in [0.05, 0.1) is 12.1 Å². The number of hydrogen-bond acceptors (Lipinski definition) is 4. The van der Waals surface area contributed by atoms with E-state index in [4.69, 9.17) is 0 Å². The molecule has 122 valence electrons. The van der Waals surface area contributed by atoms with Crippen LogP contribution in [0.3, 0.4) is 0 Å². The minimum Gasteiger partial charge on any atom is -0.236 e. The Kier molecular flexibility index (Phi) is 6.68. The molecule has 0 radical (unpaired) electrons. The Morgan fingerprint density at radius 2 is 0.773 bits per heavy atom. The normalized spacial score (nSPS) is 25.5. The van der Waals surface area contributed by atoms with Gasteiger partial charge in [-0.3, -0.25) is 0 Å². The average Bonchev–Trinajstić information content (AvgIpc) is 2.49. The lowest BCUT2D eigenvalue weighted by Crippen LogP contribution is -2.60. The van der Waals surface area contributed by atoms with Crippen LogP contribution in [0.15, 0.2) is 0 Å². The van der Waals surface area contributed by atoms with E-state index in [1.54, 1.807) is 0 Å². The van der Waals surface area contributed by atoms with Gasteiger partial charge in [-0.2, -0.15) is 10.5 Å². The van der Waals surface area contributed by atoms with Crippen LogP contribution < -0.4 is 10.9 Å². The van der Waals surface area contributed by atoms with Crippen LogP contribution in [-0.4, -0.2) is 11.1 Å². The van der Waals surface area contributed by atoms with E-state index in [1.165, 1.54) is 38.5 Å². The van der Waals surface area contributed by atoms with Crippen LogP contribution >= 0.6 is 0 Å². The minimum absolute atomic E-state index is 0.493. The molecule has 0 aromatic rings.